The van der Waals surface area contributed by atoms with E-state index in [0.717, 1.165) is 0 Å². The van der Waals surface area contributed by atoms with Gasteiger partial charge in [-0.2, -0.15) is 0 Å². The lowest BCUT2D eigenvalue weighted by Gasteiger charge is -2.52. The SMILES string of the molecule is CCOC(=O)C(C)(C)C1(O)CN(C(=O)OC(C)(C)C)C1. The molecule has 6 nitrogen and oxygen atoms in total. The van der Waals surface area contributed by atoms with Crippen LogP contribution in [-0.4, -0.2) is 53.0 Å². The van der Waals surface area contributed by atoms with Crippen LogP contribution in [0.25, 0.3) is 0 Å². The van der Waals surface area contributed by atoms with E-state index < -0.39 is 28.7 Å². The molecular weight excluding hydrogens is 262 g/mol. The van der Waals surface area contributed by atoms with Crippen molar-refractivity contribution in [3.05, 3.63) is 0 Å². The predicted molar refractivity (Wildman–Crippen MR) is 73.2 cm³/mol. The van der Waals surface area contributed by atoms with Gasteiger partial charge >= 0.3 is 12.1 Å². The molecule has 116 valence electrons. The number of hydrogen-bond acceptors (Lipinski definition) is 5. The van der Waals surface area contributed by atoms with Crippen molar-refractivity contribution in [1.29, 1.82) is 0 Å². The first-order chi connectivity index (χ1) is 8.93. The fraction of sp³-hybridized carbons (Fsp3) is 0.857. The van der Waals surface area contributed by atoms with Crippen molar-refractivity contribution in [2.75, 3.05) is 19.7 Å². The molecule has 0 unspecified atom stereocenters. The molecule has 0 aliphatic carbocycles. The summed E-state index contributed by atoms with van der Waals surface area (Å²) in [5.41, 5.74) is -2.93. The van der Waals surface area contributed by atoms with E-state index in [0.29, 0.717) is 0 Å². The largest absolute Gasteiger partial charge is 0.465 e. The summed E-state index contributed by atoms with van der Waals surface area (Å²) >= 11 is 0. The van der Waals surface area contributed by atoms with Gasteiger partial charge in [-0.15, -0.1) is 0 Å². The van der Waals surface area contributed by atoms with Gasteiger partial charge in [-0.25, -0.2) is 4.79 Å². The van der Waals surface area contributed by atoms with Crippen LogP contribution in [0.15, 0.2) is 0 Å². The Hall–Kier alpha value is -1.30. The number of nitrogens with zero attached hydrogens (tertiary/aromatic N) is 1. The minimum Gasteiger partial charge on any atom is -0.465 e. The van der Waals surface area contributed by atoms with Crippen molar-refractivity contribution in [3.63, 3.8) is 0 Å². The van der Waals surface area contributed by atoms with Crippen molar-refractivity contribution in [1.82, 2.24) is 4.90 Å². The molecule has 1 saturated heterocycles. The first-order valence-electron chi connectivity index (χ1n) is 6.80. The van der Waals surface area contributed by atoms with Crippen LogP contribution in [0.4, 0.5) is 4.79 Å². The van der Waals surface area contributed by atoms with Crippen LogP contribution in [-0.2, 0) is 14.3 Å². The molecule has 1 fully saturated rings. The summed E-state index contributed by atoms with van der Waals surface area (Å²) in [4.78, 5) is 25.1. The van der Waals surface area contributed by atoms with E-state index >= 15 is 0 Å². The summed E-state index contributed by atoms with van der Waals surface area (Å²) in [6.07, 6.45) is -0.484. The fourth-order valence-electron chi connectivity index (χ4n) is 1.94. The highest BCUT2D eigenvalue weighted by Gasteiger charge is 2.58. The molecule has 0 spiro atoms. The van der Waals surface area contributed by atoms with Crippen LogP contribution in [0, 0.1) is 5.41 Å². The number of esters is 1. The number of ether oxygens (including phenoxy) is 2. The predicted octanol–water partition coefficient (Wildman–Crippen LogP) is 1.56. The number of rotatable bonds is 3. The Morgan fingerprint density at radius 2 is 1.70 bits per heavy atom. The number of hydrogen-bond donors (Lipinski definition) is 1. The molecule has 1 aliphatic heterocycles. The Bertz CT molecular complexity index is 391. The zero-order valence-corrected chi connectivity index (χ0v) is 13.1. The van der Waals surface area contributed by atoms with Crippen LogP contribution in [0.3, 0.4) is 0 Å². The molecule has 0 atom stereocenters. The Morgan fingerprint density at radius 3 is 2.10 bits per heavy atom. The number of likely N-dealkylation sites (tertiary alicyclic amines) is 1. The molecule has 0 bridgehead atoms. The number of carbonyl (C=O) groups excluding carboxylic acids is 2. The third-order valence-corrected chi connectivity index (χ3v) is 3.51. The standard InChI is InChI=1S/C14H25NO5/c1-7-19-10(16)13(5,6)14(18)8-15(9-14)11(17)20-12(2,3)4/h18H,7-9H2,1-6H3. The van der Waals surface area contributed by atoms with Gasteiger partial charge in [0.05, 0.1) is 25.1 Å². The molecule has 6 heteroatoms. The zero-order chi connectivity index (χ0) is 15.8. The third kappa shape index (κ3) is 3.23. The first kappa shape index (κ1) is 16.8. The molecule has 1 aliphatic rings. The van der Waals surface area contributed by atoms with E-state index in [-0.39, 0.29) is 19.7 Å². The molecular formula is C14H25NO5. The van der Waals surface area contributed by atoms with Crippen molar-refractivity contribution < 1.29 is 24.2 Å². The van der Waals surface area contributed by atoms with Crippen LogP contribution >= 0.6 is 0 Å². The molecule has 0 aromatic rings. The summed E-state index contributed by atoms with van der Waals surface area (Å²) in [7, 11) is 0. The molecule has 0 radical (unpaired) electrons. The van der Waals surface area contributed by atoms with Crippen molar-refractivity contribution >= 4 is 12.1 Å². The molecule has 0 saturated carbocycles. The second kappa shape index (κ2) is 5.24. The number of carbonyl (C=O) groups is 2. The third-order valence-electron chi connectivity index (χ3n) is 3.51. The minimum atomic E-state index is -1.28. The number of amides is 1. The zero-order valence-electron chi connectivity index (χ0n) is 13.1. The van der Waals surface area contributed by atoms with E-state index in [4.69, 9.17) is 9.47 Å². The van der Waals surface area contributed by atoms with Crippen molar-refractivity contribution in [2.45, 2.75) is 52.7 Å². The fourth-order valence-corrected chi connectivity index (χ4v) is 1.94. The monoisotopic (exact) mass is 287 g/mol. The highest BCUT2D eigenvalue weighted by molar-refractivity contribution is 5.79. The minimum absolute atomic E-state index is 0.0632. The molecule has 1 N–H and O–H groups in total. The maximum absolute atomic E-state index is 11.9. The molecule has 0 aromatic carbocycles. The first-order valence-corrected chi connectivity index (χ1v) is 6.80. The summed E-state index contributed by atoms with van der Waals surface area (Å²) in [5.74, 6) is -0.466. The average Bonchev–Trinajstić information content (AvgIpc) is 2.22. The highest BCUT2D eigenvalue weighted by atomic mass is 16.6. The molecule has 0 aromatic heterocycles. The highest BCUT2D eigenvalue weighted by Crippen LogP contribution is 2.40. The van der Waals surface area contributed by atoms with Gasteiger partial charge in [0, 0.05) is 0 Å². The van der Waals surface area contributed by atoms with Crippen LogP contribution < -0.4 is 0 Å². The van der Waals surface area contributed by atoms with Crippen LogP contribution in [0.5, 0.6) is 0 Å². The summed E-state index contributed by atoms with van der Waals surface area (Å²) in [5, 5.41) is 10.5. The van der Waals surface area contributed by atoms with E-state index in [2.05, 4.69) is 0 Å². The summed E-state index contributed by atoms with van der Waals surface area (Å²) < 4.78 is 10.2. The Balaban J connectivity index is 2.65. The summed E-state index contributed by atoms with van der Waals surface area (Å²) in [6.45, 7) is 10.7. The molecule has 1 heterocycles. The normalized spacial score (nSPS) is 18.2. The second-order valence-corrected chi connectivity index (χ2v) is 6.71. The maximum Gasteiger partial charge on any atom is 0.410 e. The van der Waals surface area contributed by atoms with Gasteiger partial charge < -0.3 is 19.5 Å². The van der Waals surface area contributed by atoms with Gasteiger partial charge in [-0.1, -0.05) is 0 Å². The van der Waals surface area contributed by atoms with Gasteiger partial charge in [0.25, 0.3) is 0 Å². The quantitative estimate of drug-likeness (QED) is 0.797. The van der Waals surface area contributed by atoms with Crippen LogP contribution in [0.2, 0.25) is 0 Å². The lowest BCUT2D eigenvalue weighted by atomic mass is 9.70. The molecule has 20 heavy (non-hydrogen) atoms. The number of β-amino-alcohol motifs (C(OH)–C–C–N with tert-alkyl or cyclic N) is 1. The average molecular weight is 287 g/mol. The van der Waals surface area contributed by atoms with Gasteiger partial charge in [0.1, 0.15) is 11.2 Å². The smallest absolute Gasteiger partial charge is 0.410 e. The van der Waals surface area contributed by atoms with Gasteiger partial charge in [0.2, 0.25) is 0 Å². The van der Waals surface area contributed by atoms with E-state index in [1.54, 1.807) is 41.5 Å². The second-order valence-electron chi connectivity index (χ2n) is 6.71. The van der Waals surface area contributed by atoms with Crippen molar-refractivity contribution in [3.8, 4) is 0 Å². The Kier molecular flexibility index (Phi) is 4.39. The van der Waals surface area contributed by atoms with Gasteiger partial charge in [-0.3, -0.25) is 4.79 Å². The molecule has 1 rings (SSSR count). The maximum atomic E-state index is 11.9. The lowest BCUT2D eigenvalue weighted by Crippen LogP contribution is -2.71. The van der Waals surface area contributed by atoms with E-state index in [9.17, 15) is 14.7 Å². The van der Waals surface area contributed by atoms with Crippen LogP contribution in [0.1, 0.15) is 41.5 Å². The van der Waals surface area contributed by atoms with Crippen molar-refractivity contribution in [2.24, 2.45) is 5.41 Å². The van der Waals surface area contributed by atoms with Gasteiger partial charge in [0.15, 0.2) is 0 Å². The summed E-state index contributed by atoms with van der Waals surface area (Å²) in [6, 6.07) is 0. The lowest BCUT2D eigenvalue weighted by molar-refractivity contribution is -0.194. The Labute approximate surface area is 120 Å². The van der Waals surface area contributed by atoms with Gasteiger partial charge in [-0.05, 0) is 41.5 Å². The van der Waals surface area contributed by atoms with E-state index in [1.165, 1.54) is 4.90 Å². The van der Waals surface area contributed by atoms with E-state index in [1.807, 2.05) is 0 Å². The number of aliphatic hydroxyl groups is 1. The topological polar surface area (TPSA) is 76.1 Å². The molecule has 1 amide bonds. The Morgan fingerprint density at radius 1 is 1.20 bits per heavy atom.